The zero-order valence-electron chi connectivity index (χ0n) is 6.30. The fourth-order valence-corrected chi connectivity index (χ4v) is 1.65. The predicted octanol–water partition coefficient (Wildman–Crippen LogP) is 2.81. The highest BCUT2D eigenvalue weighted by atomic mass is 79.9. The molecular weight excluding hydrogens is 222 g/mol. The Labute approximate surface area is 79.8 Å². The van der Waals surface area contributed by atoms with E-state index in [0.29, 0.717) is 0 Å². The first-order valence-corrected chi connectivity index (χ1v) is 5.29. The lowest BCUT2D eigenvalue weighted by atomic mass is 10.2. The molecule has 60 valence electrons. The lowest BCUT2D eigenvalue weighted by Crippen LogP contribution is -1.90. The minimum absolute atomic E-state index is 0.928. The van der Waals surface area contributed by atoms with Crippen molar-refractivity contribution in [2.75, 3.05) is 7.05 Å². The Morgan fingerprint density at radius 1 is 1.36 bits per heavy atom. The Morgan fingerprint density at radius 3 is 2.45 bits per heavy atom. The molecule has 0 aliphatic carbocycles. The molecule has 1 rings (SSSR count). The molecule has 0 aromatic heterocycles. The summed E-state index contributed by atoms with van der Waals surface area (Å²) in [5.74, 6) is 0. The average Bonchev–Trinajstić information content (AvgIpc) is 2.07. The van der Waals surface area contributed by atoms with Gasteiger partial charge in [0.05, 0.1) is 0 Å². The van der Waals surface area contributed by atoms with Crippen LogP contribution >= 0.6 is 27.9 Å². The topological polar surface area (TPSA) is 12.0 Å². The molecule has 0 heterocycles. The molecular formula is C8H10BrNS. The van der Waals surface area contributed by atoms with E-state index in [0.717, 1.165) is 5.33 Å². The SMILES string of the molecule is CNSc1ccc(CBr)cc1. The molecule has 0 spiro atoms. The zero-order valence-corrected chi connectivity index (χ0v) is 8.71. The van der Waals surface area contributed by atoms with Crippen LogP contribution in [0.25, 0.3) is 0 Å². The molecule has 0 amide bonds. The maximum atomic E-state index is 3.40. The van der Waals surface area contributed by atoms with Crippen LogP contribution in [-0.2, 0) is 5.33 Å². The van der Waals surface area contributed by atoms with Crippen LogP contribution in [0.4, 0.5) is 0 Å². The van der Waals surface area contributed by atoms with Crippen LogP contribution in [0.1, 0.15) is 5.56 Å². The van der Waals surface area contributed by atoms with E-state index in [2.05, 4.69) is 44.9 Å². The maximum absolute atomic E-state index is 3.40. The van der Waals surface area contributed by atoms with Crippen molar-refractivity contribution in [3.8, 4) is 0 Å². The van der Waals surface area contributed by atoms with Gasteiger partial charge in [0.1, 0.15) is 0 Å². The third-order valence-corrected chi connectivity index (χ3v) is 2.66. The summed E-state index contributed by atoms with van der Waals surface area (Å²) in [6.45, 7) is 0. The number of hydrogen-bond acceptors (Lipinski definition) is 2. The van der Waals surface area contributed by atoms with Gasteiger partial charge in [-0.15, -0.1) is 0 Å². The van der Waals surface area contributed by atoms with Gasteiger partial charge >= 0.3 is 0 Å². The Hall–Kier alpha value is 0.01000. The quantitative estimate of drug-likeness (QED) is 0.635. The van der Waals surface area contributed by atoms with E-state index in [9.17, 15) is 0 Å². The highest BCUT2D eigenvalue weighted by Crippen LogP contribution is 2.15. The smallest absolute Gasteiger partial charge is 0.0283 e. The molecule has 1 aromatic carbocycles. The fourth-order valence-electron chi connectivity index (χ4n) is 0.764. The monoisotopic (exact) mass is 231 g/mol. The molecule has 1 N–H and O–H groups in total. The van der Waals surface area contributed by atoms with Crippen LogP contribution in [-0.4, -0.2) is 7.05 Å². The van der Waals surface area contributed by atoms with E-state index >= 15 is 0 Å². The van der Waals surface area contributed by atoms with Gasteiger partial charge in [-0.2, -0.15) is 0 Å². The number of hydrogen-bond donors (Lipinski definition) is 1. The molecule has 1 nitrogen and oxygen atoms in total. The van der Waals surface area contributed by atoms with E-state index in [1.54, 1.807) is 11.9 Å². The molecule has 11 heavy (non-hydrogen) atoms. The van der Waals surface area contributed by atoms with Crippen LogP contribution in [0.2, 0.25) is 0 Å². The van der Waals surface area contributed by atoms with Crippen LogP contribution in [0.5, 0.6) is 0 Å². The maximum Gasteiger partial charge on any atom is 0.0283 e. The predicted molar refractivity (Wildman–Crippen MR) is 54.0 cm³/mol. The average molecular weight is 232 g/mol. The molecule has 0 aliphatic heterocycles. The van der Waals surface area contributed by atoms with Crippen molar-refractivity contribution < 1.29 is 0 Å². The second kappa shape index (κ2) is 4.80. The van der Waals surface area contributed by atoms with Crippen molar-refractivity contribution in [3.05, 3.63) is 29.8 Å². The molecule has 0 aliphatic rings. The summed E-state index contributed by atoms with van der Waals surface area (Å²) in [5.41, 5.74) is 1.31. The standard InChI is InChI=1S/C8H10BrNS/c1-10-11-8-4-2-7(6-9)3-5-8/h2-5,10H,6H2,1H3. The number of halogens is 1. The molecule has 0 unspecified atom stereocenters. The molecule has 0 saturated heterocycles. The zero-order chi connectivity index (χ0) is 8.10. The first-order valence-electron chi connectivity index (χ1n) is 3.35. The van der Waals surface area contributed by atoms with Crippen molar-refractivity contribution >= 4 is 27.9 Å². The molecule has 3 heteroatoms. The third kappa shape index (κ3) is 2.85. The molecule has 0 fully saturated rings. The van der Waals surface area contributed by atoms with Crippen molar-refractivity contribution in [3.63, 3.8) is 0 Å². The van der Waals surface area contributed by atoms with Gasteiger partial charge in [0.2, 0.25) is 0 Å². The second-order valence-corrected chi connectivity index (χ2v) is 3.73. The number of rotatable bonds is 3. The van der Waals surface area contributed by atoms with Gasteiger partial charge in [-0.05, 0) is 36.7 Å². The Kier molecular flexibility index (Phi) is 3.97. The van der Waals surface area contributed by atoms with Gasteiger partial charge in [-0.25, -0.2) is 0 Å². The van der Waals surface area contributed by atoms with Gasteiger partial charge in [0.25, 0.3) is 0 Å². The summed E-state index contributed by atoms with van der Waals surface area (Å²) in [6, 6.07) is 8.46. The summed E-state index contributed by atoms with van der Waals surface area (Å²) >= 11 is 5.03. The Bertz CT molecular complexity index is 210. The van der Waals surface area contributed by atoms with Crippen LogP contribution in [0.3, 0.4) is 0 Å². The van der Waals surface area contributed by atoms with Crippen LogP contribution < -0.4 is 4.72 Å². The van der Waals surface area contributed by atoms with Crippen molar-refractivity contribution in [1.82, 2.24) is 4.72 Å². The lowest BCUT2D eigenvalue weighted by Gasteiger charge is -1.99. The van der Waals surface area contributed by atoms with Crippen molar-refractivity contribution in [2.24, 2.45) is 0 Å². The number of benzene rings is 1. The van der Waals surface area contributed by atoms with Crippen LogP contribution in [0, 0.1) is 0 Å². The normalized spacial score (nSPS) is 10.0. The highest BCUT2D eigenvalue weighted by Gasteiger charge is 1.91. The lowest BCUT2D eigenvalue weighted by molar-refractivity contribution is 1.27. The molecule has 0 saturated carbocycles. The van der Waals surface area contributed by atoms with E-state index in [4.69, 9.17) is 0 Å². The van der Waals surface area contributed by atoms with E-state index < -0.39 is 0 Å². The van der Waals surface area contributed by atoms with Crippen molar-refractivity contribution in [2.45, 2.75) is 10.2 Å². The van der Waals surface area contributed by atoms with E-state index in [1.165, 1.54) is 10.5 Å². The van der Waals surface area contributed by atoms with Gasteiger partial charge in [0.15, 0.2) is 0 Å². The number of nitrogens with one attached hydrogen (secondary N) is 1. The summed E-state index contributed by atoms with van der Waals surface area (Å²) in [5, 5.41) is 0.928. The Balaban J connectivity index is 2.66. The first kappa shape index (κ1) is 9.10. The summed E-state index contributed by atoms with van der Waals surface area (Å²) < 4.78 is 3.03. The molecule has 1 aromatic rings. The van der Waals surface area contributed by atoms with Crippen molar-refractivity contribution in [1.29, 1.82) is 0 Å². The number of alkyl halides is 1. The molecule has 0 atom stereocenters. The summed E-state index contributed by atoms with van der Waals surface area (Å²) in [6.07, 6.45) is 0. The molecule has 0 radical (unpaired) electrons. The van der Waals surface area contributed by atoms with Gasteiger partial charge in [-0.1, -0.05) is 28.1 Å². The summed E-state index contributed by atoms with van der Waals surface area (Å²) in [4.78, 5) is 1.25. The Morgan fingerprint density at radius 2 is 2.00 bits per heavy atom. The summed E-state index contributed by atoms with van der Waals surface area (Å²) in [7, 11) is 1.92. The van der Waals surface area contributed by atoms with Gasteiger partial charge in [0, 0.05) is 10.2 Å². The van der Waals surface area contributed by atoms with E-state index in [1.807, 2.05) is 7.05 Å². The van der Waals surface area contributed by atoms with Gasteiger partial charge < -0.3 is 0 Å². The highest BCUT2D eigenvalue weighted by molar-refractivity contribution is 9.08. The van der Waals surface area contributed by atoms with Crippen LogP contribution in [0.15, 0.2) is 29.2 Å². The second-order valence-electron chi connectivity index (χ2n) is 2.08. The van der Waals surface area contributed by atoms with Gasteiger partial charge in [-0.3, -0.25) is 4.72 Å². The van der Waals surface area contributed by atoms with E-state index in [-0.39, 0.29) is 0 Å². The minimum Gasteiger partial charge on any atom is -0.263 e. The minimum atomic E-state index is 0.928. The fraction of sp³-hybridized carbons (Fsp3) is 0.250. The molecule has 0 bridgehead atoms. The largest absolute Gasteiger partial charge is 0.263 e. The third-order valence-electron chi connectivity index (χ3n) is 1.30. The first-order chi connectivity index (χ1) is 5.36.